The van der Waals surface area contributed by atoms with Gasteiger partial charge >= 0.3 is 0 Å². The van der Waals surface area contributed by atoms with Crippen LogP contribution in [0.3, 0.4) is 0 Å². The second-order valence-corrected chi connectivity index (χ2v) is 6.88. The minimum atomic E-state index is -0.226. The van der Waals surface area contributed by atoms with E-state index in [1.54, 1.807) is 18.4 Å². The van der Waals surface area contributed by atoms with Gasteiger partial charge in [0.1, 0.15) is 5.75 Å². The number of carbonyl (C=O) groups excluding carboxylic acids is 1. The SMILES string of the molecule is CCc1ccc(C(=O)NC(c2ccccc2)c2cccc(OC)c2)s1. The zero-order valence-electron chi connectivity index (χ0n) is 14.4. The van der Waals surface area contributed by atoms with E-state index in [9.17, 15) is 4.79 Å². The molecule has 25 heavy (non-hydrogen) atoms. The Kier molecular flexibility index (Phi) is 5.51. The molecule has 128 valence electrons. The molecule has 3 aromatic rings. The van der Waals surface area contributed by atoms with Gasteiger partial charge in [0.2, 0.25) is 0 Å². The van der Waals surface area contributed by atoms with Crippen LogP contribution in [0.25, 0.3) is 0 Å². The Hall–Kier alpha value is -2.59. The summed E-state index contributed by atoms with van der Waals surface area (Å²) in [5, 5.41) is 3.17. The van der Waals surface area contributed by atoms with Crippen LogP contribution in [0.4, 0.5) is 0 Å². The van der Waals surface area contributed by atoms with E-state index in [0.717, 1.165) is 28.2 Å². The second-order valence-electron chi connectivity index (χ2n) is 5.71. The highest BCUT2D eigenvalue weighted by atomic mass is 32.1. The van der Waals surface area contributed by atoms with Crippen LogP contribution >= 0.6 is 11.3 Å². The molecule has 0 spiro atoms. The lowest BCUT2D eigenvalue weighted by molar-refractivity contribution is 0.0947. The monoisotopic (exact) mass is 351 g/mol. The van der Waals surface area contributed by atoms with Gasteiger partial charge in [-0.25, -0.2) is 0 Å². The summed E-state index contributed by atoms with van der Waals surface area (Å²) in [5.74, 6) is 0.721. The maximum absolute atomic E-state index is 12.8. The fourth-order valence-corrected chi connectivity index (χ4v) is 3.57. The summed E-state index contributed by atoms with van der Waals surface area (Å²) in [6.45, 7) is 2.09. The Morgan fingerprint density at radius 1 is 1.04 bits per heavy atom. The molecule has 0 aliphatic heterocycles. The summed E-state index contributed by atoms with van der Waals surface area (Å²) in [5.41, 5.74) is 2.03. The number of nitrogens with one attached hydrogen (secondary N) is 1. The smallest absolute Gasteiger partial charge is 0.262 e. The quantitative estimate of drug-likeness (QED) is 0.690. The van der Waals surface area contributed by atoms with Crippen LogP contribution in [0.1, 0.15) is 38.6 Å². The number of amides is 1. The summed E-state index contributed by atoms with van der Waals surface area (Å²) in [6, 6.07) is 21.5. The Bertz CT molecular complexity index is 842. The molecule has 0 aliphatic rings. The molecule has 3 rings (SSSR count). The second kappa shape index (κ2) is 7.99. The van der Waals surface area contributed by atoms with Crippen LogP contribution in [-0.4, -0.2) is 13.0 Å². The predicted octanol–water partition coefficient (Wildman–Crippen LogP) is 4.84. The van der Waals surface area contributed by atoms with Gasteiger partial charge in [-0.05, 0) is 41.8 Å². The van der Waals surface area contributed by atoms with E-state index in [2.05, 4.69) is 12.2 Å². The van der Waals surface area contributed by atoms with Gasteiger partial charge in [0.25, 0.3) is 5.91 Å². The maximum Gasteiger partial charge on any atom is 0.262 e. The molecule has 0 bridgehead atoms. The van der Waals surface area contributed by atoms with E-state index < -0.39 is 0 Å². The van der Waals surface area contributed by atoms with Crippen LogP contribution in [0.15, 0.2) is 66.7 Å². The fraction of sp³-hybridized carbons (Fsp3) is 0.190. The first-order valence-corrected chi connectivity index (χ1v) is 9.11. The zero-order valence-corrected chi connectivity index (χ0v) is 15.2. The van der Waals surface area contributed by atoms with E-state index >= 15 is 0 Å². The van der Waals surface area contributed by atoms with Crippen molar-refractivity contribution in [2.75, 3.05) is 7.11 Å². The highest BCUT2D eigenvalue weighted by Gasteiger charge is 2.19. The molecule has 0 radical (unpaired) electrons. The first kappa shape index (κ1) is 17.2. The summed E-state index contributed by atoms with van der Waals surface area (Å²) in [6.07, 6.45) is 0.940. The normalized spacial score (nSPS) is 11.8. The molecule has 4 heteroatoms. The molecule has 3 nitrogen and oxygen atoms in total. The Morgan fingerprint density at radius 2 is 1.80 bits per heavy atom. The van der Waals surface area contributed by atoms with Crippen LogP contribution in [0.5, 0.6) is 5.75 Å². The van der Waals surface area contributed by atoms with Crippen molar-refractivity contribution in [2.24, 2.45) is 0 Å². The molecule has 0 aliphatic carbocycles. The van der Waals surface area contributed by atoms with Crippen LogP contribution in [-0.2, 0) is 6.42 Å². The third-order valence-electron chi connectivity index (χ3n) is 4.07. The summed E-state index contributed by atoms with van der Waals surface area (Å²) < 4.78 is 5.34. The number of hydrogen-bond donors (Lipinski definition) is 1. The van der Waals surface area contributed by atoms with Crippen LogP contribution < -0.4 is 10.1 Å². The van der Waals surface area contributed by atoms with E-state index in [1.807, 2.05) is 66.7 Å². The van der Waals surface area contributed by atoms with Crippen LogP contribution in [0, 0.1) is 0 Å². The number of ether oxygens (including phenoxy) is 1. The van der Waals surface area contributed by atoms with Crippen molar-refractivity contribution in [3.8, 4) is 5.75 Å². The predicted molar refractivity (Wildman–Crippen MR) is 102 cm³/mol. The van der Waals surface area contributed by atoms with E-state index in [4.69, 9.17) is 4.74 Å². The molecule has 1 aromatic heterocycles. The van der Waals surface area contributed by atoms with Crippen molar-refractivity contribution in [3.05, 3.63) is 87.6 Å². The highest BCUT2D eigenvalue weighted by molar-refractivity contribution is 7.14. The summed E-state index contributed by atoms with van der Waals surface area (Å²) in [4.78, 5) is 14.7. The minimum absolute atomic E-state index is 0.0543. The Labute approximate surface area is 152 Å². The van der Waals surface area contributed by atoms with Crippen molar-refractivity contribution in [2.45, 2.75) is 19.4 Å². The highest BCUT2D eigenvalue weighted by Crippen LogP contribution is 2.26. The molecule has 0 saturated heterocycles. The number of thiophene rings is 1. The average Bonchev–Trinajstić information content (AvgIpc) is 3.16. The molecule has 1 amide bonds. The minimum Gasteiger partial charge on any atom is -0.497 e. The lowest BCUT2D eigenvalue weighted by atomic mass is 9.98. The Balaban J connectivity index is 1.92. The van der Waals surface area contributed by atoms with Crippen LogP contribution in [0.2, 0.25) is 0 Å². The van der Waals surface area contributed by atoms with E-state index in [1.165, 1.54) is 4.88 Å². The molecular formula is C21H21NO2S. The summed E-state index contributed by atoms with van der Waals surface area (Å²) >= 11 is 1.54. The van der Waals surface area contributed by atoms with Crippen molar-refractivity contribution in [1.29, 1.82) is 0 Å². The maximum atomic E-state index is 12.8. The van der Waals surface area contributed by atoms with Gasteiger partial charge in [-0.3, -0.25) is 4.79 Å². The number of carbonyl (C=O) groups is 1. The largest absolute Gasteiger partial charge is 0.497 e. The van der Waals surface area contributed by atoms with Gasteiger partial charge in [0, 0.05) is 4.88 Å². The molecule has 1 N–H and O–H groups in total. The van der Waals surface area contributed by atoms with Gasteiger partial charge in [0.05, 0.1) is 18.0 Å². The number of rotatable bonds is 6. The molecule has 2 aromatic carbocycles. The molecule has 1 unspecified atom stereocenters. The summed E-state index contributed by atoms with van der Waals surface area (Å²) in [7, 11) is 1.65. The van der Waals surface area contributed by atoms with Gasteiger partial charge in [-0.15, -0.1) is 11.3 Å². The first-order chi connectivity index (χ1) is 12.2. The number of aryl methyl sites for hydroxylation is 1. The van der Waals surface area contributed by atoms with Gasteiger partial charge in [0.15, 0.2) is 0 Å². The molecule has 1 atom stereocenters. The topological polar surface area (TPSA) is 38.3 Å². The zero-order chi connectivity index (χ0) is 17.6. The van der Waals surface area contributed by atoms with Crippen molar-refractivity contribution in [1.82, 2.24) is 5.32 Å². The fourth-order valence-electron chi connectivity index (χ4n) is 2.72. The third-order valence-corrected chi connectivity index (χ3v) is 5.30. The number of methoxy groups -OCH3 is 1. The Morgan fingerprint density at radius 3 is 2.48 bits per heavy atom. The van der Waals surface area contributed by atoms with Gasteiger partial charge in [-0.2, -0.15) is 0 Å². The number of benzene rings is 2. The third kappa shape index (κ3) is 4.09. The lowest BCUT2D eigenvalue weighted by Crippen LogP contribution is -2.28. The average molecular weight is 351 g/mol. The van der Waals surface area contributed by atoms with E-state index in [-0.39, 0.29) is 11.9 Å². The lowest BCUT2D eigenvalue weighted by Gasteiger charge is -2.20. The molecule has 0 saturated carbocycles. The van der Waals surface area contributed by atoms with Crippen molar-refractivity contribution >= 4 is 17.2 Å². The first-order valence-electron chi connectivity index (χ1n) is 8.29. The van der Waals surface area contributed by atoms with Crippen molar-refractivity contribution in [3.63, 3.8) is 0 Å². The molecule has 0 fully saturated rings. The van der Waals surface area contributed by atoms with E-state index in [0.29, 0.717) is 0 Å². The molecular weight excluding hydrogens is 330 g/mol. The number of hydrogen-bond acceptors (Lipinski definition) is 3. The van der Waals surface area contributed by atoms with Gasteiger partial charge in [-0.1, -0.05) is 49.4 Å². The standard InChI is InChI=1S/C21H21NO2S/c1-3-18-12-13-19(25-18)21(23)22-20(15-8-5-4-6-9-15)16-10-7-11-17(14-16)24-2/h4-14,20H,3H2,1-2H3,(H,22,23). The molecule has 1 heterocycles. The van der Waals surface area contributed by atoms with Gasteiger partial charge < -0.3 is 10.1 Å². The van der Waals surface area contributed by atoms with Crippen molar-refractivity contribution < 1.29 is 9.53 Å².